The predicted octanol–water partition coefficient (Wildman–Crippen LogP) is 3.48. The Morgan fingerprint density at radius 2 is 1.32 bits per heavy atom. The van der Waals surface area contributed by atoms with Crippen molar-refractivity contribution < 1.29 is 31.1 Å². The monoisotopic (exact) mass is 404 g/mol. The Balaban J connectivity index is 1.81. The number of aromatic nitrogens is 2. The summed E-state index contributed by atoms with van der Waals surface area (Å²) in [4.78, 5) is 23.7. The van der Waals surface area contributed by atoms with E-state index in [2.05, 4.69) is 9.97 Å². The largest absolute Gasteiger partial charge is 0.416 e. The molecular formula is C17H14F6N4O. The second-order valence-corrected chi connectivity index (χ2v) is 6.12. The summed E-state index contributed by atoms with van der Waals surface area (Å²) in [6.07, 6.45) is -6.92. The molecule has 0 aliphatic carbocycles. The Labute approximate surface area is 155 Å². The van der Waals surface area contributed by atoms with Crippen LogP contribution in [0.1, 0.15) is 21.5 Å². The summed E-state index contributed by atoms with van der Waals surface area (Å²) < 4.78 is 77.8. The maximum absolute atomic E-state index is 13.0. The van der Waals surface area contributed by atoms with Gasteiger partial charge >= 0.3 is 12.4 Å². The van der Waals surface area contributed by atoms with Crippen molar-refractivity contribution in [1.29, 1.82) is 0 Å². The number of amides is 1. The highest BCUT2D eigenvalue weighted by molar-refractivity contribution is 5.95. The molecular weight excluding hydrogens is 390 g/mol. The Morgan fingerprint density at radius 3 is 1.79 bits per heavy atom. The van der Waals surface area contributed by atoms with E-state index >= 15 is 0 Å². The van der Waals surface area contributed by atoms with Gasteiger partial charge in [0.1, 0.15) is 0 Å². The molecule has 2 aromatic rings. The highest BCUT2D eigenvalue weighted by Gasteiger charge is 2.38. The molecule has 0 spiro atoms. The number of benzene rings is 1. The van der Waals surface area contributed by atoms with Gasteiger partial charge in [-0.05, 0) is 24.3 Å². The van der Waals surface area contributed by atoms with Crippen molar-refractivity contribution in [2.24, 2.45) is 0 Å². The van der Waals surface area contributed by atoms with Gasteiger partial charge in [0.2, 0.25) is 5.95 Å². The minimum absolute atomic E-state index is 0.00145. The number of halogens is 6. The lowest BCUT2D eigenvalue weighted by atomic mass is 10.0. The number of rotatable bonds is 2. The Hall–Kier alpha value is -2.85. The summed E-state index contributed by atoms with van der Waals surface area (Å²) in [6.45, 7) is 0.852. The van der Waals surface area contributed by atoms with Gasteiger partial charge in [-0.2, -0.15) is 26.3 Å². The quantitative estimate of drug-likeness (QED) is 0.720. The summed E-state index contributed by atoms with van der Waals surface area (Å²) in [5, 5.41) is 0. The van der Waals surface area contributed by atoms with E-state index in [1.54, 1.807) is 23.4 Å². The smallest absolute Gasteiger partial charge is 0.337 e. The summed E-state index contributed by atoms with van der Waals surface area (Å²) in [5.74, 6) is -0.446. The van der Waals surface area contributed by atoms with E-state index < -0.39 is 35.0 Å². The van der Waals surface area contributed by atoms with Crippen molar-refractivity contribution in [2.75, 3.05) is 31.1 Å². The summed E-state index contributed by atoms with van der Waals surface area (Å²) >= 11 is 0. The van der Waals surface area contributed by atoms with E-state index in [0.29, 0.717) is 31.2 Å². The first-order valence-corrected chi connectivity index (χ1v) is 8.16. The number of carbonyl (C=O) groups is 1. The van der Waals surface area contributed by atoms with Gasteiger partial charge in [0.05, 0.1) is 11.1 Å². The number of hydrogen-bond donors (Lipinski definition) is 0. The third-order valence-electron chi connectivity index (χ3n) is 4.24. The molecule has 0 unspecified atom stereocenters. The lowest BCUT2D eigenvalue weighted by Gasteiger charge is -2.34. The van der Waals surface area contributed by atoms with Crippen LogP contribution < -0.4 is 4.90 Å². The van der Waals surface area contributed by atoms with Crippen molar-refractivity contribution in [3.8, 4) is 0 Å². The van der Waals surface area contributed by atoms with Gasteiger partial charge in [-0.3, -0.25) is 4.79 Å². The first-order chi connectivity index (χ1) is 13.1. The molecule has 2 heterocycles. The van der Waals surface area contributed by atoms with Crippen LogP contribution in [0, 0.1) is 0 Å². The lowest BCUT2D eigenvalue weighted by molar-refractivity contribution is -0.143. The molecule has 0 atom stereocenters. The van der Waals surface area contributed by atoms with Crippen molar-refractivity contribution in [3.63, 3.8) is 0 Å². The molecule has 150 valence electrons. The van der Waals surface area contributed by atoms with Crippen molar-refractivity contribution in [2.45, 2.75) is 12.4 Å². The average Bonchev–Trinajstić information content (AvgIpc) is 2.66. The molecule has 1 aromatic heterocycles. The van der Waals surface area contributed by atoms with E-state index in [9.17, 15) is 31.1 Å². The van der Waals surface area contributed by atoms with Gasteiger partial charge in [0, 0.05) is 44.1 Å². The molecule has 1 fully saturated rings. The standard InChI is InChI=1S/C17H14F6N4O/c18-16(19,20)12-8-11(9-13(10-12)17(21,22)23)14(28)26-4-6-27(7-5-26)15-24-2-1-3-25-15/h1-3,8-10H,4-7H2. The SMILES string of the molecule is O=C(c1cc(C(F)(F)F)cc(C(F)(F)F)c1)N1CCN(c2ncccn2)CC1. The van der Waals surface area contributed by atoms with Crippen LogP contribution in [0.15, 0.2) is 36.7 Å². The number of alkyl halides is 6. The Kier molecular flexibility index (Phi) is 5.18. The van der Waals surface area contributed by atoms with Crippen LogP contribution in [0.4, 0.5) is 32.3 Å². The zero-order valence-electron chi connectivity index (χ0n) is 14.3. The number of nitrogens with zero attached hydrogens (tertiary/aromatic N) is 4. The fourth-order valence-corrected chi connectivity index (χ4v) is 2.83. The summed E-state index contributed by atoms with van der Waals surface area (Å²) in [7, 11) is 0. The van der Waals surface area contributed by atoms with Gasteiger partial charge in [-0.25, -0.2) is 9.97 Å². The number of piperazine rings is 1. The molecule has 1 amide bonds. The molecule has 0 saturated carbocycles. The van der Waals surface area contributed by atoms with Crippen LogP contribution in [0.5, 0.6) is 0 Å². The molecule has 1 saturated heterocycles. The number of anilines is 1. The predicted molar refractivity (Wildman–Crippen MR) is 86.6 cm³/mol. The topological polar surface area (TPSA) is 49.3 Å². The fraction of sp³-hybridized carbons (Fsp3) is 0.353. The third-order valence-corrected chi connectivity index (χ3v) is 4.24. The van der Waals surface area contributed by atoms with Crippen molar-refractivity contribution in [1.82, 2.24) is 14.9 Å². The average molecular weight is 404 g/mol. The van der Waals surface area contributed by atoms with Gasteiger partial charge < -0.3 is 9.80 Å². The molecule has 0 bridgehead atoms. The minimum Gasteiger partial charge on any atom is -0.337 e. The molecule has 0 radical (unpaired) electrons. The second kappa shape index (κ2) is 7.28. The van der Waals surface area contributed by atoms with Crippen LogP contribution in [-0.4, -0.2) is 47.0 Å². The summed E-state index contributed by atoms with van der Waals surface area (Å²) in [5.41, 5.74) is -3.67. The fourth-order valence-electron chi connectivity index (χ4n) is 2.83. The number of hydrogen-bond acceptors (Lipinski definition) is 4. The first kappa shape index (κ1) is 19.9. The Morgan fingerprint density at radius 1 is 0.821 bits per heavy atom. The zero-order chi connectivity index (χ0) is 20.5. The number of carbonyl (C=O) groups excluding carboxylic acids is 1. The molecule has 11 heteroatoms. The maximum Gasteiger partial charge on any atom is 0.416 e. The van der Waals surface area contributed by atoms with E-state index in [0.717, 1.165) is 0 Å². The van der Waals surface area contributed by atoms with Gasteiger partial charge in [0.15, 0.2) is 0 Å². The normalized spacial score (nSPS) is 15.6. The summed E-state index contributed by atoms with van der Waals surface area (Å²) in [6, 6.07) is 2.53. The van der Waals surface area contributed by atoms with E-state index in [1.807, 2.05) is 0 Å². The van der Waals surface area contributed by atoms with Gasteiger partial charge in [-0.15, -0.1) is 0 Å². The van der Waals surface area contributed by atoms with Crippen molar-refractivity contribution in [3.05, 3.63) is 53.3 Å². The lowest BCUT2D eigenvalue weighted by Crippen LogP contribution is -2.49. The molecule has 1 aliphatic heterocycles. The van der Waals surface area contributed by atoms with Gasteiger partial charge in [0.25, 0.3) is 5.91 Å². The molecule has 5 nitrogen and oxygen atoms in total. The molecule has 3 rings (SSSR count). The van der Waals surface area contributed by atoms with E-state index in [1.165, 1.54) is 4.90 Å². The molecule has 1 aromatic carbocycles. The van der Waals surface area contributed by atoms with Crippen LogP contribution in [0.3, 0.4) is 0 Å². The molecule has 28 heavy (non-hydrogen) atoms. The van der Waals surface area contributed by atoms with E-state index in [-0.39, 0.29) is 19.2 Å². The minimum atomic E-state index is -5.00. The third kappa shape index (κ3) is 4.34. The van der Waals surface area contributed by atoms with E-state index in [4.69, 9.17) is 0 Å². The first-order valence-electron chi connectivity index (χ1n) is 8.16. The van der Waals surface area contributed by atoms with Crippen LogP contribution in [-0.2, 0) is 12.4 Å². The second-order valence-electron chi connectivity index (χ2n) is 6.12. The van der Waals surface area contributed by atoms with Crippen LogP contribution in [0.25, 0.3) is 0 Å². The van der Waals surface area contributed by atoms with Gasteiger partial charge in [-0.1, -0.05) is 0 Å². The zero-order valence-corrected chi connectivity index (χ0v) is 14.3. The highest BCUT2D eigenvalue weighted by Crippen LogP contribution is 2.36. The molecule has 0 N–H and O–H groups in total. The highest BCUT2D eigenvalue weighted by atomic mass is 19.4. The molecule has 1 aliphatic rings. The maximum atomic E-state index is 13.0. The van der Waals surface area contributed by atoms with Crippen molar-refractivity contribution >= 4 is 11.9 Å². The van der Waals surface area contributed by atoms with Crippen LogP contribution >= 0.6 is 0 Å². The van der Waals surface area contributed by atoms with Crippen LogP contribution in [0.2, 0.25) is 0 Å². The Bertz CT molecular complexity index is 813.